The van der Waals surface area contributed by atoms with Crippen LogP contribution in [0.1, 0.15) is 31.7 Å². The van der Waals surface area contributed by atoms with Crippen LogP contribution >= 0.6 is 0 Å². The van der Waals surface area contributed by atoms with Crippen molar-refractivity contribution in [3.8, 4) is 0 Å². The van der Waals surface area contributed by atoms with Crippen molar-refractivity contribution in [3.05, 3.63) is 48.2 Å². The van der Waals surface area contributed by atoms with Gasteiger partial charge in [-0.05, 0) is 30.2 Å². The number of unbranched alkanes of at least 4 members (excludes halogenated alkanes) is 2. The van der Waals surface area contributed by atoms with Crippen molar-refractivity contribution in [2.45, 2.75) is 26.2 Å². The molecule has 16 heavy (non-hydrogen) atoms. The third kappa shape index (κ3) is 2.69. The molecule has 1 aromatic carbocycles. The van der Waals surface area contributed by atoms with Crippen LogP contribution in [0.25, 0.3) is 17.0 Å². The molecule has 2 aromatic rings. The molecule has 0 aliphatic rings. The highest BCUT2D eigenvalue weighted by Gasteiger charge is 1.93. The van der Waals surface area contributed by atoms with Gasteiger partial charge in [-0.1, -0.05) is 44.1 Å². The van der Waals surface area contributed by atoms with Crippen molar-refractivity contribution in [3.63, 3.8) is 0 Å². The topological polar surface area (TPSA) is 12.9 Å². The summed E-state index contributed by atoms with van der Waals surface area (Å²) in [6.45, 7) is 2.22. The fraction of sp³-hybridized carbons (Fsp3) is 0.267. The van der Waals surface area contributed by atoms with E-state index in [9.17, 15) is 0 Å². The predicted molar refractivity (Wildman–Crippen MR) is 70.3 cm³/mol. The molecular weight excluding hydrogens is 194 g/mol. The Bertz CT molecular complexity index is 486. The van der Waals surface area contributed by atoms with E-state index in [2.05, 4.69) is 48.3 Å². The third-order valence-corrected chi connectivity index (χ3v) is 2.66. The van der Waals surface area contributed by atoms with Crippen LogP contribution in [0, 0.1) is 0 Å². The second-order valence-electron chi connectivity index (χ2n) is 4.00. The molecule has 0 atom stereocenters. The molecule has 0 N–H and O–H groups in total. The minimum absolute atomic E-state index is 1.06. The van der Waals surface area contributed by atoms with Gasteiger partial charge in [0.1, 0.15) is 0 Å². The molecule has 1 aromatic heterocycles. The summed E-state index contributed by atoms with van der Waals surface area (Å²) in [5.41, 5.74) is 2.32. The highest BCUT2D eigenvalue weighted by atomic mass is 14.6. The van der Waals surface area contributed by atoms with Gasteiger partial charge in [0.05, 0.1) is 5.52 Å². The first kappa shape index (κ1) is 10.9. The summed E-state index contributed by atoms with van der Waals surface area (Å²) < 4.78 is 0. The predicted octanol–water partition coefficient (Wildman–Crippen LogP) is 4.44. The highest BCUT2D eigenvalue weighted by Crippen LogP contribution is 2.14. The van der Waals surface area contributed by atoms with Gasteiger partial charge in [0.25, 0.3) is 0 Å². The first-order valence-corrected chi connectivity index (χ1v) is 5.91. The van der Waals surface area contributed by atoms with Gasteiger partial charge in [0.15, 0.2) is 0 Å². The van der Waals surface area contributed by atoms with Gasteiger partial charge in [-0.2, -0.15) is 0 Å². The Balaban J connectivity index is 2.16. The molecule has 82 valence electrons. The van der Waals surface area contributed by atoms with Crippen LogP contribution in [0.4, 0.5) is 0 Å². The minimum atomic E-state index is 1.06. The van der Waals surface area contributed by atoms with Gasteiger partial charge in [0, 0.05) is 11.6 Å². The Morgan fingerprint density at radius 3 is 3.06 bits per heavy atom. The normalized spacial score (nSPS) is 11.3. The first-order valence-electron chi connectivity index (χ1n) is 5.91. The van der Waals surface area contributed by atoms with Crippen molar-refractivity contribution in [2.75, 3.05) is 0 Å². The van der Waals surface area contributed by atoms with Crippen LogP contribution in [0.2, 0.25) is 0 Å². The summed E-state index contributed by atoms with van der Waals surface area (Å²) in [6, 6.07) is 10.5. The lowest BCUT2D eigenvalue weighted by molar-refractivity contribution is 0.816. The van der Waals surface area contributed by atoms with E-state index >= 15 is 0 Å². The third-order valence-electron chi connectivity index (χ3n) is 2.66. The number of fused-ring (bicyclic) bond motifs is 1. The molecule has 1 heteroatoms. The molecule has 0 fully saturated rings. The lowest BCUT2D eigenvalue weighted by Gasteiger charge is -1.98. The van der Waals surface area contributed by atoms with E-state index in [0.29, 0.717) is 0 Å². The number of hydrogen-bond acceptors (Lipinski definition) is 1. The van der Waals surface area contributed by atoms with Gasteiger partial charge in [-0.25, -0.2) is 0 Å². The molecule has 0 bridgehead atoms. The minimum Gasteiger partial charge on any atom is -0.256 e. The number of aromatic nitrogens is 1. The fourth-order valence-corrected chi connectivity index (χ4v) is 1.74. The molecule has 0 saturated heterocycles. The van der Waals surface area contributed by atoms with Crippen molar-refractivity contribution in [2.24, 2.45) is 0 Å². The zero-order valence-corrected chi connectivity index (χ0v) is 9.69. The second-order valence-corrected chi connectivity index (χ2v) is 4.00. The van der Waals surface area contributed by atoms with E-state index in [4.69, 9.17) is 0 Å². The van der Waals surface area contributed by atoms with Crippen LogP contribution in [0.15, 0.2) is 42.6 Å². The molecule has 0 spiro atoms. The maximum atomic E-state index is 4.31. The zero-order chi connectivity index (χ0) is 11.2. The Morgan fingerprint density at radius 1 is 1.25 bits per heavy atom. The van der Waals surface area contributed by atoms with E-state index in [1.807, 2.05) is 12.3 Å². The summed E-state index contributed by atoms with van der Waals surface area (Å²) in [6.07, 6.45) is 9.97. The van der Waals surface area contributed by atoms with Gasteiger partial charge in [-0.15, -0.1) is 0 Å². The monoisotopic (exact) mass is 211 g/mol. The molecular formula is C15H17N. The van der Waals surface area contributed by atoms with Crippen LogP contribution in [0.3, 0.4) is 0 Å². The second kappa shape index (κ2) is 5.45. The summed E-state index contributed by atoms with van der Waals surface area (Å²) in [4.78, 5) is 4.31. The molecule has 0 saturated carbocycles. The van der Waals surface area contributed by atoms with Crippen LogP contribution in [-0.2, 0) is 0 Å². The van der Waals surface area contributed by atoms with E-state index in [1.165, 1.54) is 30.2 Å². The summed E-state index contributed by atoms with van der Waals surface area (Å²) in [7, 11) is 0. The van der Waals surface area contributed by atoms with Gasteiger partial charge in [0.2, 0.25) is 0 Å². The fourth-order valence-electron chi connectivity index (χ4n) is 1.74. The highest BCUT2D eigenvalue weighted by molar-refractivity contribution is 5.80. The maximum absolute atomic E-state index is 4.31. The Morgan fingerprint density at radius 2 is 2.19 bits per heavy atom. The summed E-state index contributed by atoms with van der Waals surface area (Å²) >= 11 is 0. The molecule has 0 aliphatic heterocycles. The summed E-state index contributed by atoms with van der Waals surface area (Å²) in [5.74, 6) is 0. The maximum Gasteiger partial charge on any atom is 0.0702 e. The van der Waals surface area contributed by atoms with Crippen molar-refractivity contribution < 1.29 is 0 Å². The van der Waals surface area contributed by atoms with E-state index in [-0.39, 0.29) is 0 Å². The number of nitrogens with zero attached hydrogens (tertiary/aromatic N) is 1. The van der Waals surface area contributed by atoms with Gasteiger partial charge < -0.3 is 0 Å². The average Bonchev–Trinajstić information content (AvgIpc) is 2.34. The molecule has 2 rings (SSSR count). The zero-order valence-electron chi connectivity index (χ0n) is 9.69. The van der Waals surface area contributed by atoms with Crippen LogP contribution in [0.5, 0.6) is 0 Å². The Hall–Kier alpha value is -1.63. The largest absolute Gasteiger partial charge is 0.256 e. The number of rotatable bonds is 4. The van der Waals surface area contributed by atoms with Gasteiger partial charge >= 0.3 is 0 Å². The quantitative estimate of drug-likeness (QED) is 0.681. The van der Waals surface area contributed by atoms with Crippen LogP contribution in [-0.4, -0.2) is 4.98 Å². The van der Waals surface area contributed by atoms with E-state index in [0.717, 1.165) is 5.52 Å². The van der Waals surface area contributed by atoms with Crippen molar-refractivity contribution in [1.82, 2.24) is 4.98 Å². The molecule has 0 radical (unpaired) electrons. The number of allylic oxidation sites excluding steroid dienone is 1. The number of hydrogen-bond donors (Lipinski definition) is 0. The molecule has 0 unspecified atom stereocenters. The van der Waals surface area contributed by atoms with Gasteiger partial charge in [-0.3, -0.25) is 4.98 Å². The summed E-state index contributed by atoms with van der Waals surface area (Å²) in [5, 5.41) is 1.21. The molecule has 1 heterocycles. The molecule has 0 amide bonds. The Kier molecular flexibility index (Phi) is 3.71. The SMILES string of the molecule is CCCC/C=C/c1ccc2ncccc2c1. The average molecular weight is 211 g/mol. The molecule has 0 aliphatic carbocycles. The lowest BCUT2D eigenvalue weighted by atomic mass is 10.1. The number of benzene rings is 1. The first-order chi connectivity index (χ1) is 7.90. The Labute approximate surface area is 96.8 Å². The van der Waals surface area contributed by atoms with E-state index in [1.54, 1.807) is 0 Å². The molecule has 1 nitrogen and oxygen atoms in total. The van der Waals surface area contributed by atoms with Crippen molar-refractivity contribution in [1.29, 1.82) is 0 Å². The van der Waals surface area contributed by atoms with Crippen molar-refractivity contribution >= 4 is 17.0 Å². The lowest BCUT2D eigenvalue weighted by Crippen LogP contribution is -1.78. The standard InChI is InChI=1S/C15H17N/c1-2-3-4-5-7-13-9-10-15-14(12-13)8-6-11-16-15/h5-12H,2-4H2,1H3/b7-5+. The number of pyridine rings is 1. The smallest absolute Gasteiger partial charge is 0.0702 e. The van der Waals surface area contributed by atoms with E-state index < -0.39 is 0 Å². The van der Waals surface area contributed by atoms with Crippen LogP contribution < -0.4 is 0 Å².